The number of halogens is 2. The van der Waals surface area contributed by atoms with Crippen LogP contribution in [-0.2, 0) is 15.1 Å². The van der Waals surface area contributed by atoms with Crippen LogP contribution in [-0.4, -0.2) is 49.4 Å². The maximum absolute atomic E-state index is 12.8. The Hall–Kier alpha value is -1.59. The molecule has 0 spiro atoms. The van der Waals surface area contributed by atoms with Crippen molar-refractivity contribution in [1.82, 2.24) is 0 Å². The van der Waals surface area contributed by atoms with Gasteiger partial charge in [-0.15, -0.1) is 12.4 Å². The molecular formula is C20H27Cl2NO3. The van der Waals surface area contributed by atoms with Gasteiger partial charge in [0.25, 0.3) is 0 Å². The Kier molecular flexibility index (Phi) is 9.89. The first kappa shape index (κ1) is 24.4. The van der Waals surface area contributed by atoms with Crippen molar-refractivity contribution in [3.63, 3.8) is 0 Å². The summed E-state index contributed by atoms with van der Waals surface area (Å²) < 4.78 is 6.20. The highest BCUT2D eigenvalue weighted by Crippen LogP contribution is 2.31. The molecule has 0 radical (unpaired) electrons. The first-order valence-corrected chi connectivity index (χ1v) is 8.23. The topological polar surface area (TPSA) is 46.5 Å². The van der Waals surface area contributed by atoms with Crippen molar-refractivity contribution in [1.29, 1.82) is 0 Å². The van der Waals surface area contributed by atoms with Crippen molar-refractivity contribution in [2.24, 2.45) is 0 Å². The van der Waals surface area contributed by atoms with Gasteiger partial charge in [0, 0.05) is 0 Å². The normalized spacial score (nSPS) is 11.1. The molecule has 144 valence electrons. The van der Waals surface area contributed by atoms with Crippen LogP contribution in [0.3, 0.4) is 0 Å². The van der Waals surface area contributed by atoms with Gasteiger partial charge in [-0.2, -0.15) is 0 Å². The Labute approximate surface area is 168 Å². The molecule has 0 amide bonds. The van der Waals surface area contributed by atoms with E-state index in [1.807, 2.05) is 12.1 Å². The molecule has 0 fully saturated rings. The Morgan fingerprint density at radius 2 is 1.42 bits per heavy atom. The summed E-state index contributed by atoms with van der Waals surface area (Å²) in [5, 5.41) is 11.2. The minimum atomic E-state index is -1.80. The van der Waals surface area contributed by atoms with Crippen molar-refractivity contribution < 1.29 is 31.5 Å². The highest BCUT2D eigenvalue weighted by Gasteiger charge is 2.41. The maximum Gasteiger partial charge on any atom is 0.347 e. The molecule has 2 aromatic carbocycles. The van der Waals surface area contributed by atoms with Crippen LogP contribution in [0, 0.1) is 0 Å². The number of benzene rings is 2. The van der Waals surface area contributed by atoms with E-state index in [0.29, 0.717) is 17.7 Å². The number of quaternary nitrogens is 1. The highest BCUT2D eigenvalue weighted by atomic mass is 35.5. The van der Waals surface area contributed by atoms with Gasteiger partial charge in [-0.05, 0) is 18.1 Å². The molecule has 0 aromatic heterocycles. The maximum atomic E-state index is 12.8. The number of esters is 1. The summed E-state index contributed by atoms with van der Waals surface area (Å²) in [7, 11) is 4.16. The average Bonchev–Trinajstić information content (AvgIpc) is 2.62. The zero-order chi connectivity index (χ0) is 17.6. The molecule has 0 aliphatic rings. The summed E-state index contributed by atoms with van der Waals surface area (Å²) in [5.74, 6) is -0.643. The highest BCUT2D eigenvalue weighted by molar-refractivity contribution is 5.85. The van der Waals surface area contributed by atoms with E-state index in [9.17, 15) is 9.90 Å². The van der Waals surface area contributed by atoms with Gasteiger partial charge >= 0.3 is 5.97 Å². The predicted molar refractivity (Wildman–Crippen MR) is 102 cm³/mol. The van der Waals surface area contributed by atoms with Crippen molar-refractivity contribution >= 4 is 18.4 Å². The molecule has 4 nitrogen and oxygen atoms in total. The second-order valence-electron chi connectivity index (χ2n) is 6.55. The van der Waals surface area contributed by atoms with Crippen LogP contribution >= 0.6 is 12.4 Å². The molecule has 26 heavy (non-hydrogen) atoms. The largest absolute Gasteiger partial charge is 1.00 e. The molecule has 0 aliphatic heterocycles. The third-order valence-electron chi connectivity index (χ3n) is 4.46. The van der Waals surface area contributed by atoms with Gasteiger partial charge in [0.05, 0.1) is 20.6 Å². The lowest BCUT2D eigenvalue weighted by atomic mass is 9.86. The number of hydrogen-bond acceptors (Lipinski definition) is 3. The zero-order valence-corrected chi connectivity index (χ0v) is 17.0. The Balaban J connectivity index is 0.00000312. The molecule has 6 heteroatoms. The molecule has 1 N–H and O–H groups in total. The standard InChI is InChI=1S/C20H26NO3.2ClH/c1-4-21(2,3)15-16-24-19(22)20(23,17-11-7-5-8-12-17)18-13-9-6-10-14-18;;/h5-14,23H,4,15-16H2,1-3H3;2*1H/q+1;;/p-1. The Morgan fingerprint density at radius 1 is 1.00 bits per heavy atom. The van der Waals surface area contributed by atoms with Crippen LogP contribution in [0.25, 0.3) is 0 Å². The van der Waals surface area contributed by atoms with Crippen LogP contribution in [0.4, 0.5) is 0 Å². The average molecular weight is 400 g/mol. The second kappa shape index (κ2) is 10.5. The monoisotopic (exact) mass is 399 g/mol. The lowest BCUT2D eigenvalue weighted by Crippen LogP contribution is -3.00. The van der Waals surface area contributed by atoms with Gasteiger partial charge in [0.2, 0.25) is 5.60 Å². The first-order valence-electron chi connectivity index (χ1n) is 8.23. The second-order valence-corrected chi connectivity index (χ2v) is 6.55. The van der Waals surface area contributed by atoms with Gasteiger partial charge in [-0.3, -0.25) is 0 Å². The van der Waals surface area contributed by atoms with E-state index < -0.39 is 11.6 Å². The van der Waals surface area contributed by atoms with Gasteiger partial charge in [-0.1, -0.05) is 60.7 Å². The van der Waals surface area contributed by atoms with E-state index in [2.05, 4.69) is 21.0 Å². The van der Waals surface area contributed by atoms with Crippen LogP contribution < -0.4 is 12.4 Å². The fourth-order valence-corrected chi connectivity index (χ4v) is 2.41. The van der Waals surface area contributed by atoms with E-state index >= 15 is 0 Å². The molecule has 0 saturated heterocycles. The predicted octanol–water partition coefficient (Wildman–Crippen LogP) is -0.0122. The van der Waals surface area contributed by atoms with Gasteiger partial charge in [-0.25, -0.2) is 4.79 Å². The number of ether oxygens (including phenoxy) is 1. The number of nitrogens with zero attached hydrogens (tertiary/aromatic N) is 1. The van der Waals surface area contributed by atoms with Crippen LogP contribution in [0.2, 0.25) is 0 Å². The molecule has 0 unspecified atom stereocenters. The van der Waals surface area contributed by atoms with Crippen LogP contribution in [0.5, 0.6) is 0 Å². The van der Waals surface area contributed by atoms with Crippen molar-refractivity contribution in [3.8, 4) is 0 Å². The van der Waals surface area contributed by atoms with E-state index in [1.165, 1.54) is 0 Å². The number of likely N-dealkylation sites (N-methyl/N-ethyl adjacent to an activating group) is 1. The molecule has 0 bridgehead atoms. The number of rotatable bonds is 7. The number of hydrogen-bond donors (Lipinski definition) is 1. The fourth-order valence-electron chi connectivity index (χ4n) is 2.41. The molecule has 0 saturated carbocycles. The van der Waals surface area contributed by atoms with Gasteiger partial charge in [0.1, 0.15) is 13.2 Å². The zero-order valence-electron chi connectivity index (χ0n) is 15.4. The van der Waals surface area contributed by atoms with Gasteiger partial charge in [0.15, 0.2) is 0 Å². The minimum Gasteiger partial charge on any atom is -1.00 e. The molecule has 2 aromatic rings. The quantitative estimate of drug-likeness (QED) is 0.526. The van der Waals surface area contributed by atoms with Crippen LogP contribution in [0.1, 0.15) is 18.1 Å². The Bertz CT molecular complexity index is 624. The van der Waals surface area contributed by atoms with E-state index in [1.54, 1.807) is 48.5 Å². The van der Waals surface area contributed by atoms with Crippen molar-refractivity contribution in [2.45, 2.75) is 12.5 Å². The lowest BCUT2D eigenvalue weighted by molar-refractivity contribution is -0.888. The number of carbonyl (C=O) groups excluding carboxylic acids is 1. The van der Waals surface area contributed by atoms with E-state index in [0.717, 1.165) is 11.0 Å². The molecule has 0 heterocycles. The molecule has 2 rings (SSSR count). The minimum absolute atomic E-state index is 0. The number of carbonyl (C=O) groups is 1. The van der Waals surface area contributed by atoms with Crippen molar-refractivity contribution in [2.75, 3.05) is 33.8 Å². The molecular weight excluding hydrogens is 373 g/mol. The molecule has 0 atom stereocenters. The fraction of sp³-hybridized carbons (Fsp3) is 0.350. The summed E-state index contributed by atoms with van der Waals surface area (Å²) in [4.78, 5) is 12.8. The summed E-state index contributed by atoms with van der Waals surface area (Å²) in [6.45, 7) is 3.99. The summed E-state index contributed by atoms with van der Waals surface area (Å²) in [6.07, 6.45) is 0. The lowest BCUT2D eigenvalue weighted by Gasteiger charge is -2.30. The third kappa shape index (κ3) is 5.71. The van der Waals surface area contributed by atoms with Crippen LogP contribution in [0.15, 0.2) is 60.7 Å². The van der Waals surface area contributed by atoms with Gasteiger partial charge < -0.3 is 26.7 Å². The summed E-state index contributed by atoms with van der Waals surface area (Å²) >= 11 is 0. The van der Waals surface area contributed by atoms with E-state index in [-0.39, 0.29) is 31.4 Å². The number of aliphatic hydroxyl groups is 1. The smallest absolute Gasteiger partial charge is 0.347 e. The van der Waals surface area contributed by atoms with Crippen molar-refractivity contribution in [3.05, 3.63) is 71.8 Å². The summed E-state index contributed by atoms with van der Waals surface area (Å²) in [6, 6.07) is 17.8. The van der Waals surface area contributed by atoms with E-state index in [4.69, 9.17) is 4.74 Å². The SMILES string of the molecule is CC[N+](C)(C)CCOC(=O)C(O)(c1ccccc1)c1ccccc1.Cl.[Cl-]. The first-order chi connectivity index (χ1) is 11.4. The summed E-state index contributed by atoms with van der Waals surface area (Å²) in [5.41, 5.74) is -0.790. The molecule has 0 aliphatic carbocycles. The third-order valence-corrected chi connectivity index (χ3v) is 4.46. The Morgan fingerprint density at radius 3 is 1.81 bits per heavy atom.